The Morgan fingerprint density at radius 3 is 2.28 bits per heavy atom. The van der Waals surface area contributed by atoms with Gasteiger partial charge in [-0.25, -0.2) is 0 Å². The van der Waals surface area contributed by atoms with Crippen LogP contribution in [0.1, 0.15) is 46.6 Å². The van der Waals surface area contributed by atoms with Gasteiger partial charge in [-0.3, -0.25) is 14.9 Å². The summed E-state index contributed by atoms with van der Waals surface area (Å²) in [4.78, 5) is 26.9. The molecule has 0 fully saturated rings. The van der Waals surface area contributed by atoms with Crippen molar-refractivity contribution in [3.05, 3.63) is 35.9 Å². The van der Waals surface area contributed by atoms with Crippen molar-refractivity contribution in [1.82, 2.24) is 10.2 Å². The predicted octanol–water partition coefficient (Wildman–Crippen LogP) is 2.79. The van der Waals surface area contributed by atoms with Gasteiger partial charge in [0.25, 0.3) is 0 Å². The van der Waals surface area contributed by atoms with E-state index in [0.717, 1.165) is 12.0 Å². The van der Waals surface area contributed by atoms with Crippen molar-refractivity contribution < 1.29 is 14.3 Å². The van der Waals surface area contributed by atoms with E-state index in [1.165, 1.54) is 0 Å². The zero-order valence-electron chi connectivity index (χ0n) is 16.1. The molecule has 0 heterocycles. The van der Waals surface area contributed by atoms with Crippen molar-refractivity contribution in [2.24, 2.45) is 0 Å². The minimum atomic E-state index is -0.545. The molecule has 0 aliphatic carbocycles. The molecule has 0 radical (unpaired) electrons. The number of carbonyl (C=O) groups is 2. The van der Waals surface area contributed by atoms with Crippen molar-refractivity contribution in [2.45, 2.75) is 65.6 Å². The second kappa shape index (κ2) is 10.9. The van der Waals surface area contributed by atoms with Gasteiger partial charge in [0.05, 0.1) is 12.6 Å². The summed E-state index contributed by atoms with van der Waals surface area (Å²) in [6.45, 7) is 10.7. The van der Waals surface area contributed by atoms with Crippen molar-refractivity contribution in [3.63, 3.8) is 0 Å². The maximum absolute atomic E-state index is 12.8. The van der Waals surface area contributed by atoms with Crippen LogP contribution in [0.2, 0.25) is 0 Å². The zero-order chi connectivity index (χ0) is 18.8. The zero-order valence-corrected chi connectivity index (χ0v) is 16.1. The van der Waals surface area contributed by atoms with Gasteiger partial charge in [-0.1, -0.05) is 37.3 Å². The van der Waals surface area contributed by atoms with E-state index in [2.05, 4.69) is 12.2 Å². The maximum Gasteiger partial charge on any atom is 0.323 e. The summed E-state index contributed by atoms with van der Waals surface area (Å²) < 4.78 is 5.19. The highest BCUT2D eigenvalue weighted by molar-refractivity contribution is 5.83. The highest BCUT2D eigenvalue weighted by Gasteiger charge is 2.28. The Morgan fingerprint density at radius 2 is 1.76 bits per heavy atom. The van der Waals surface area contributed by atoms with Crippen molar-refractivity contribution in [3.8, 4) is 0 Å². The van der Waals surface area contributed by atoms with Crippen LogP contribution < -0.4 is 5.32 Å². The predicted molar refractivity (Wildman–Crippen MR) is 100 cm³/mol. The minimum absolute atomic E-state index is 0.0132. The molecule has 1 aromatic carbocycles. The van der Waals surface area contributed by atoms with E-state index in [0.29, 0.717) is 19.6 Å². The van der Waals surface area contributed by atoms with E-state index in [9.17, 15) is 9.59 Å². The summed E-state index contributed by atoms with van der Waals surface area (Å²) in [5.74, 6) is -0.309. The number of amides is 1. The van der Waals surface area contributed by atoms with Crippen LogP contribution in [0, 0.1) is 0 Å². The third-order valence-corrected chi connectivity index (χ3v) is 4.05. The fourth-order valence-corrected chi connectivity index (χ4v) is 2.79. The normalized spacial score (nSPS) is 13.4. The molecule has 0 saturated carbocycles. The van der Waals surface area contributed by atoms with Gasteiger partial charge in [-0.15, -0.1) is 0 Å². The molecule has 5 heteroatoms. The Hall–Kier alpha value is -1.88. The topological polar surface area (TPSA) is 58.6 Å². The molecular weight excluding hydrogens is 316 g/mol. The van der Waals surface area contributed by atoms with Gasteiger partial charge in [0.15, 0.2) is 0 Å². The van der Waals surface area contributed by atoms with E-state index in [1.54, 1.807) is 6.92 Å². The van der Waals surface area contributed by atoms with Crippen LogP contribution >= 0.6 is 0 Å². The van der Waals surface area contributed by atoms with Crippen LogP contribution in [0.3, 0.4) is 0 Å². The average molecular weight is 348 g/mol. The number of esters is 1. The molecule has 0 aliphatic rings. The molecule has 2 atom stereocenters. The fourth-order valence-electron chi connectivity index (χ4n) is 2.79. The first-order valence-corrected chi connectivity index (χ1v) is 9.17. The Kier molecular flexibility index (Phi) is 9.21. The summed E-state index contributed by atoms with van der Waals surface area (Å²) in [6, 6.07) is 8.89. The third-order valence-electron chi connectivity index (χ3n) is 4.05. The monoisotopic (exact) mass is 348 g/mol. The van der Waals surface area contributed by atoms with Crippen molar-refractivity contribution >= 4 is 11.9 Å². The number of rotatable bonds is 10. The van der Waals surface area contributed by atoms with E-state index in [-0.39, 0.29) is 17.9 Å². The molecule has 1 N–H and O–H groups in total. The quantitative estimate of drug-likeness (QED) is 0.661. The van der Waals surface area contributed by atoms with Gasteiger partial charge < -0.3 is 9.64 Å². The number of carbonyl (C=O) groups excluding carboxylic acids is 2. The van der Waals surface area contributed by atoms with Crippen LogP contribution in [0.5, 0.6) is 0 Å². The smallest absolute Gasteiger partial charge is 0.323 e. The maximum atomic E-state index is 12.8. The molecule has 140 valence electrons. The number of nitrogens with one attached hydrogen (secondary N) is 1. The van der Waals surface area contributed by atoms with Gasteiger partial charge >= 0.3 is 5.97 Å². The molecule has 1 rings (SSSR count). The lowest BCUT2D eigenvalue weighted by atomic mass is 10.0. The lowest BCUT2D eigenvalue weighted by molar-refractivity contribution is -0.146. The summed E-state index contributed by atoms with van der Waals surface area (Å²) in [5.41, 5.74) is 1.03. The first kappa shape index (κ1) is 21.2. The minimum Gasteiger partial charge on any atom is -0.465 e. The van der Waals surface area contributed by atoms with E-state index in [4.69, 9.17) is 4.74 Å². The van der Waals surface area contributed by atoms with Gasteiger partial charge in [0.2, 0.25) is 5.91 Å². The molecule has 0 aromatic heterocycles. The van der Waals surface area contributed by atoms with Crippen LogP contribution in [0.15, 0.2) is 30.3 Å². The van der Waals surface area contributed by atoms with Crippen LogP contribution in [0.4, 0.5) is 0 Å². The lowest BCUT2D eigenvalue weighted by Gasteiger charge is -2.31. The molecule has 1 unspecified atom stereocenters. The Balaban J connectivity index is 2.84. The van der Waals surface area contributed by atoms with E-state index in [1.807, 2.05) is 56.0 Å². The first-order valence-electron chi connectivity index (χ1n) is 9.17. The standard InChI is InChI=1S/C20H32N2O3/c1-6-13-22(15(3)4)19(23)16(5)21-18(20(24)25-7-2)14-17-11-9-8-10-12-17/h8-12,15-16,18,21H,6-7,13-14H2,1-5H3/t16-,18?/m1/s1. The van der Waals surface area contributed by atoms with Crippen LogP contribution in [-0.4, -0.2) is 48.1 Å². The van der Waals surface area contributed by atoms with Gasteiger partial charge in [-0.05, 0) is 46.1 Å². The molecule has 0 bridgehead atoms. The molecule has 0 spiro atoms. The molecular formula is C20H32N2O3. The van der Waals surface area contributed by atoms with Gasteiger partial charge in [0.1, 0.15) is 6.04 Å². The molecule has 5 nitrogen and oxygen atoms in total. The molecule has 1 aromatic rings. The first-order chi connectivity index (χ1) is 11.9. The molecule has 25 heavy (non-hydrogen) atoms. The number of hydrogen-bond donors (Lipinski definition) is 1. The third kappa shape index (κ3) is 6.86. The average Bonchev–Trinajstić information content (AvgIpc) is 2.59. The number of hydrogen-bond acceptors (Lipinski definition) is 4. The van der Waals surface area contributed by atoms with Crippen LogP contribution in [0.25, 0.3) is 0 Å². The fraction of sp³-hybridized carbons (Fsp3) is 0.600. The SMILES string of the molecule is CCCN(C(=O)[C@@H](C)NC(Cc1ccccc1)C(=O)OCC)C(C)C. The van der Waals surface area contributed by atoms with Crippen molar-refractivity contribution in [1.29, 1.82) is 0 Å². The molecule has 1 amide bonds. The molecule has 0 aliphatic heterocycles. The van der Waals surface area contributed by atoms with E-state index >= 15 is 0 Å². The highest BCUT2D eigenvalue weighted by Crippen LogP contribution is 2.08. The Bertz CT molecular complexity index is 531. The summed E-state index contributed by atoms with van der Waals surface area (Å²) in [5, 5.41) is 3.18. The van der Waals surface area contributed by atoms with Crippen molar-refractivity contribution in [2.75, 3.05) is 13.2 Å². The van der Waals surface area contributed by atoms with E-state index < -0.39 is 12.1 Å². The second-order valence-corrected chi connectivity index (χ2v) is 6.51. The Morgan fingerprint density at radius 1 is 1.12 bits per heavy atom. The number of benzene rings is 1. The summed E-state index contributed by atoms with van der Waals surface area (Å²) in [6.07, 6.45) is 1.40. The van der Waals surface area contributed by atoms with Gasteiger partial charge in [-0.2, -0.15) is 0 Å². The second-order valence-electron chi connectivity index (χ2n) is 6.51. The summed E-state index contributed by atoms with van der Waals surface area (Å²) in [7, 11) is 0. The Labute approximate surface area is 151 Å². The highest BCUT2D eigenvalue weighted by atomic mass is 16.5. The summed E-state index contributed by atoms with van der Waals surface area (Å²) >= 11 is 0. The number of nitrogens with zero attached hydrogens (tertiary/aromatic N) is 1. The lowest BCUT2D eigenvalue weighted by Crippen LogP contribution is -2.53. The largest absolute Gasteiger partial charge is 0.465 e. The van der Waals surface area contributed by atoms with Crippen LogP contribution in [-0.2, 0) is 20.7 Å². The number of ether oxygens (including phenoxy) is 1. The van der Waals surface area contributed by atoms with Gasteiger partial charge in [0, 0.05) is 12.6 Å². The molecule has 0 saturated heterocycles.